The molecule has 0 saturated heterocycles. The first-order valence-corrected chi connectivity index (χ1v) is 6.60. The fourth-order valence-corrected chi connectivity index (χ4v) is 2.50. The van der Waals surface area contributed by atoms with Crippen LogP contribution in [0.3, 0.4) is 0 Å². The smallest absolute Gasteiger partial charge is 0.306 e. The fourth-order valence-electron chi connectivity index (χ4n) is 2.50. The average molecular weight is 273 g/mol. The predicted octanol–water partition coefficient (Wildman–Crippen LogP) is 2.16. The van der Waals surface area contributed by atoms with E-state index in [4.69, 9.17) is 9.52 Å². The second-order valence-electron chi connectivity index (χ2n) is 5.10. The van der Waals surface area contributed by atoms with E-state index >= 15 is 0 Å². The molecule has 0 aliphatic heterocycles. The third kappa shape index (κ3) is 2.52. The summed E-state index contributed by atoms with van der Waals surface area (Å²) < 4.78 is 5.68. The van der Waals surface area contributed by atoms with E-state index in [-0.39, 0.29) is 11.7 Å². The molecule has 104 valence electrons. The first-order chi connectivity index (χ1) is 9.61. The number of aryl methyl sites for hydroxylation is 1. The summed E-state index contributed by atoms with van der Waals surface area (Å²) in [7, 11) is 0. The van der Waals surface area contributed by atoms with Gasteiger partial charge in [-0.15, -0.1) is 0 Å². The summed E-state index contributed by atoms with van der Waals surface area (Å²) in [5.74, 6) is 0.401. The quantitative estimate of drug-likeness (QED) is 0.895. The Morgan fingerprint density at radius 1 is 1.35 bits per heavy atom. The van der Waals surface area contributed by atoms with Crippen LogP contribution in [0.4, 0.5) is 0 Å². The van der Waals surface area contributed by atoms with Gasteiger partial charge in [-0.2, -0.15) is 0 Å². The van der Waals surface area contributed by atoms with Gasteiger partial charge in [0.2, 0.25) is 0 Å². The number of rotatable bonds is 3. The van der Waals surface area contributed by atoms with Gasteiger partial charge in [0, 0.05) is 12.8 Å². The molecule has 1 aliphatic rings. The molecule has 1 unspecified atom stereocenters. The van der Waals surface area contributed by atoms with Crippen molar-refractivity contribution in [3.8, 4) is 5.75 Å². The summed E-state index contributed by atoms with van der Waals surface area (Å²) in [6, 6.07) is 6.88. The number of carboxylic acids is 1. The second kappa shape index (κ2) is 5.00. The first-order valence-electron chi connectivity index (χ1n) is 6.60. The van der Waals surface area contributed by atoms with Gasteiger partial charge in [-0.05, 0) is 30.5 Å². The van der Waals surface area contributed by atoms with E-state index in [9.17, 15) is 9.90 Å². The minimum absolute atomic E-state index is 0.227. The van der Waals surface area contributed by atoms with Crippen LogP contribution in [-0.2, 0) is 24.1 Å². The van der Waals surface area contributed by atoms with Gasteiger partial charge in [0.25, 0.3) is 0 Å². The molecule has 1 aromatic heterocycles. The van der Waals surface area contributed by atoms with E-state index in [2.05, 4.69) is 4.98 Å². The van der Waals surface area contributed by atoms with Crippen LogP contribution in [0.2, 0.25) is 0 Å². The third-order valence-electron chi connectivity index (χ3n) is 3.62. The van der Waals surface area contributed by atoms with Crippen LogP contribution < -0.4 is 0 Å². The summed E-state index contributed by atoms with van der Waals surface area (Å²) in [5, 5.41) is 18.3. The van der Waals surface area contributed by atoms with Crippen molar-refractivity contribution in [3.05, 3.63) is 47.2 Å². The molecule has 20 heavy (non-hydrogen) atoms. The van der Waals surface area contributed by atoms with Crippen LogP contribution >= 0.6 is 0 Å². The second-order valence-corrected chi connectivity index (χ2v) is 5.10. The molecule has 3 rings (SSSR count). The van der Waals surface area contributed by atoms with Crippen LogP contribution in [-0.4, -0.2) is 21.2 Å². The molecule has 2 N–H and O–H groups in total. The number of phenols is 1. The molecule has 0 saturated carbocycles. The van der Waals surface area contributed by atoms with Crippen molar-refractivity contribution < 1.29 is 19.4 Å². The molecule has 0 radical (unpaired) electrons. The van der Waals surface area contributed by atoms with E-state index in [0.29, 0.717) is 37.3 Å². The number of aromatic nitrogens is 1. The molecule has 0 amide bonds. The van der Waals surface area contributed by atoms with Crippen LogP contribution in [0.5, 0.6) is 5.75 Å². The number of oxazole rings is 1. The lowest BCUT2D eigenvalue weighted by Gasteiger charge is -2.15. The molecule has 2 aromatic rings. The van der Waals surface area contributed by atoms with Gasteiger partial charge < -0.3 is 14.6 Å². The Balaban J connectivity index is 1.77. The van der Waals surface area contributed by atoms with Crippen molar-refractivity contribution in [1.82, 2.24) is 4.98 Å². The minimum atomic E-state index is -0.771. The van der Waals surface area contributed by atoms with E-state index in [1.54, 1.807) is 12.1 Å². The van der Waals surface area contributed by atoms with Crippen molar-refractivity contribution in [2.45, 2.75) is 25.7 Å². The van der Waals surface area contributed by atoms with Gasteiger partial charge in [0.1, 0.15) is 11.5 Å². The summed E-state index contributed by atoms with van der Waals surface area (Å²) in [5.41, 5.74) is 1.88. The minimum Gasteiger partial charge on any atom is -0.508 e. The molecule has 0 fully saturated rings. The van der Waals surface area contributed by atoms with Gasteiger partial charge in [-0.25, -0.2) is 4.98 Å². The van der Waals surface area contributed by atoms with Crippen LogP contribution in [0.25, 0.3) is 0 Å². The zero-order chi connectivity index (χ0) is 14.1. The monoisotopic (exact) mass is 273 g/mol. The zero-order valence-corrected chi connectivity index (χ0v) is 10.9. The lowest BCUT2D eigenvalue weighted by molar-refractivity contribution is -0.142. The maximum atomic E-state index is 11.0. The highest BCUT2D eigenvalue weighted by Crippen LogP contribution is 2.27. The van der Waals surface area contributed by atoms with Crippen LogP contribution in [0, 0.1) is 5.92 Å². The Morgan fingerprint density at radius 3 is 2.80 bits per heavy atom. The Labute approximate surface area is 115 Å². The first kappa shape index (κ1) is 12.7. The van der Waals surface area contributed by atoms with E-state index in [1.807, 2.05) is 12.1 Å². The third-order valence-corrected chi connectivity index (χ3v) is 3.62. The summed E-state index contributed by atoms with van der Waals surface area (Å²) >= 11 is 0. The van der Waals surface area contributed by atoms with Gasteiger partial charge in [-0.3, -0.25) is 4.79 Å². The topological polar surface area (TPSA) is 83.6 Å². The number of aliphatic carboxylic acids is 1. The van der Waals surface area contributed by atoms with Gasteiger partial charge in [0.15, 0.2) is 5.89 Å². The number of carboxylic acid groups (broad SMARTS) is 1. The van der Waals surface area contributed by atoms with E-state index < -0.39 is 5.97 Å². The van der Waals surface area contributed by atoms with Gasteiger partial charge >= 0.3 is 5.97 Å². The molecule has 5 heteroatoms. The fraction of sp³-hybridized carbons (Fsp3) is 0.333. The number of aromatic hydroxyl groups is 1. The number of nitrogens with zero attached hydrogens (tertiary/aromatic N) is 1. The van der Waals surface area contributed by atoms with Gasteiger partial charge in [-0.1, -0.05) is 12.1 Å². The molecule has 0 spiro atoms. The van der Waals surface area contributed by atoms with Crippen molar-refractivity contribution >= 4 is 5.97 Å². The van der Waals surface area contributed by atoms with Crippen molar-refractivity contribution in [2.24, 2.45) is 5.92 Å². The predicted molar refractivity (Wildman–Crippen MR) is 70.6 cm³/mol. The zero-order valence-electron chi connectivity index (χ0n) is 10.9. The SMILES string of the molecule is O=C(O)C1CCc2nc(Cc3ccc(O)cc3)oc2C1. The lowest BCUT2D eigenvalue weighted by atomic mass is 9.91. The Hall–Kier alpha value is -2.30. The largest absolute Gasteiger partial charge is 0.508 e. The molecule has 0 bridgehead atoms. The highest BCUT2D eigenvalue weighted by molar-refractivity contribution is 5.70. The Morgan fingerprint density at radius 2 is 2.10 bits per heavy atom. The maximum absolute atomic E-state index is 11.0. The number of benzene rings is 1. The maximum Gasteiger partial charge on any atom is 0.306 e. The molecule has 5 nitrogen and oxygen atoms in total. The number of hydrogen-bond acceptors (Lipinski definition) is 4. The van der Waals surface area contributed by atoms with Crippen molar-refractivity contribution in [3.63, 3.8) is 0 Å². The summed E-state index contributed by atoms with van der Waals surface area (Å²) in [4.78, 5) is 15.4. The average Bonchev–Trinajstić information content (AvgIpc) is 2.82. The summed E-state index contributed by atoms with van der Waals surface area (Å²) in [6.45, 7) is 0. The molecule has 1 aliphatic carbocycles. The van der Waals surface area contributed by atoms with Crippen LogP contribution in [0.1, 0.15) is 29.3 Å². The van der Waals surface area contributed by atoms with Crippen molar-refractivity contribution in [1.29, 1.82) is 0 Å². The highest BCUT2D eigenvalue weighted by atomic mass is 16.4. The number of fused-ring (bicyclic) bond motifs is 1. The molecule has 1 atom stereocenters. The lowest BCUT2D eigenvalue weighted by Crippen LogP contribution is -2.21. The molecular formula is C15H15NO4. The summed E-state index contributed by atoms with van der Waals surface area (Å²) in [6.07, 6.45) is 2.25. The standard InChI is InChI=1S/C15H15NO4/c17-11-4-1-9(2-5-11)7-14-16-12-6-3-10(15(18)19)8-13(12)20-14/h1-2,4-5,10,17H,3,6-8H2,(H,18,19). The number of carbonyl (C=O) groups is 1. The Kier molecular flexibility index (Phi) is 3.18. The number of hydrogen-bond donors (Lipinski definition) is 2. The van der Waals surface area contributed by atoms with Gasteiger partial charge in [0.05, 0.1) is 11.6 Å². The molecule has 1 heterocycles. The van der Waals surface area contributed by atoms with Crippen molar-refractivity contribution in [2.75, 3.05) is 0 Å². The molecular weight excluding hydrogens is 258 g/mol. The van der Waals surface area contributed by atoms with E-state index in [0.717, 1.165) is 11.3 Å². The Bertz CT molecular complexity index is 630. The van der Waals surface area contributed by atoms with Crippen LogP contribution in [0.15, 0.2) is 28.7 Å². The van der Waals surface area contributed by atoms with E-state index in [1.165, 1.54) is 0 Å². The molecule has 1 aromatic carbocycles. The normalized spacial score (nSPS) is 17.7. The number of phenolic OH excluding ortho intramolecular Hbond substituents is 1. The highest BCUT2D eigenvalue weighted by Gasteiger charge is 2.28.